The summed E-state index contributed by atoms with van der Waals surface area (Å²) in [5.41, 5.74) is 5.68. The van der Waals surface area contributed by atoms with Crippen molar-refractivity contribution in [3.05, 3.63) is 24.3 Å². The van der Waals surface area contributed by atoms with Gasteiger partial charge in [0.05, 0.1) is 12.6 Å². The number of carbonyl (C=O) groups is 2. The van der Waals surface area contributed by atoms with Gasteiger partial charge in [0.1, 0.15) is 6.61 Å². The monoisotopic (exact) mass is 438 g/mol. The van der Waals surface area contributed by atoms with Gasteiger partial charge in [-0.15, -0.1) is 0 Å². The number of hydrogen-bond acceptors (Lipinski definition) is 5. The molecule has 0 saturated heterocycles. The smallest absolute Gasteiger partial charge is 0.305 e. The lowest BCUT2D eigenvalue weighted by atomic mass is 10.1. The van der Waals surface area contributed by atoms with E-state index in [4.69, 9.17) is 15.6 Å². The Morgan fingerprint density at radius 1 is 0.935 bits per heavy atom. The Balaban J connectivity index is 3.43. The number of aliphatic hydroxyl groups is 1. The molecule has 0 spiro atoms. The second kappa shape index (κ2) is 23.0. The first-order valence-electron chi connectivity index (χ1n) is 12.2. The van der Waals surface area contributed by atoms with Crippen molar-refractivity contribution >= 4 is 11.9 Å². The van der Waals surface area contributed by atoms with Crippen molar-refractivity contribution in [2.75, 3.05) is 19.8 Å². The molecule has 6 heteroatoms. The number of hydrogen-bond donors (Lipinski definition) is 3. The van der Waals surface area contributed by atoms with Crippen LogP contribution in [0.5, 0.6) is 0 Å². The minimum atomic E-state index is -0.629. The average Bonchev–Trinajstić information content (AvgIpc) is 2.77. The van der Waals surface area contributed by atoms with Crippen LogP contribution < -0.4 is 11.1 Å². The van der Waals surface area contributed by atoms with Crippen LogP contribution in [0.3, 0.4) is 0 Å². The number of allylic oxidation sites excluding steroid dienone is 4. The Hall–Kier alpha value is -1.66. The van der Waals surface area contributed by atoms with Gasteiger partial charge in [0.25, 0.3) is 0 Å². The Kier molecular flexibility index (Phi) is 21.8. The number of amides is 1. The minimum absolute atomic E-state index is 0.0206. The van der Waals surface area contributed by atoms with Crippen molar-refractivity contribution in [2.24, 2.45) is 5.73 Å². The third-order valence-electron chi connectivity index (χ3n) is 5.01. The summed E-state index contributed by atoms with van der Waals surface area (Å²) in [7, 11) is 0. The fourth-order valence-electron chi connectivity index (χ4n) is 3.07. The van der Waals surface area contributed by atoms with Crippen molar-refractivity contribution in [2.45, 2.75) is 103 Å². The zero-order valence-corrected chi connectivity index (χ0v) is 19.7. The lowest BCUT2D eigenvalue weighted by molar-refractivity contribution is -0.144. The molecular weight excluding hydrogens is 392 g/mol. The quantitative estimate of drug-likeness (QED) is 0.138. The summed E-state index contributed by atoms with van der Waals surface area (Å²) < 4.78 is 5.12. The van der Waals surface area contributed by atoms with Gasteiger partial charge in [0.15, 0.2) is 0 Å². The van der Waals surface area contributed by atoms with E-state index in [0.717, 1.165) is 32.1 Å². The van der Waals surface area contributed by atoms with Crippen LogP contribution in [0.25, 0.3) is 0 Å². The van der Waals surface area contributed by atoms with Crippen LogP contribution in [-0.2, 0) is 14.3 Å². The molecule has 1 amide bonds. The van der Waals surface area contributed by atoms with Crippen LogP contribution in [0.15, 0.2) is 24.3 Å². The van der Waals surface area contributed by atoms with E-state index in [9.17, 15) is 9.59 Å². The van der Waals surface area contributed by atoms with Crippen molar-refractivity contribution in [3.63, 3.8) is 0 Å². The van der Waals surface area contributed by atoms with Crippen molar-refractivity contribution in [1.82, 2.24) is 5.32 Å². The number of carbonyl (C=O) groups excluding carboxylic acids is 2. The molecule has 6 nitrogen and oxygen atoms in total. The van der Waals surface area contributed by atoms with Gasteiger partial charge in [0, 0.05) is 13.0 Å². The summed E-state index contributed by atoms with van der Waals surface area (Å²) in [5, 5.41) is 11.4. The number of unbranched alkanes of at least 4 members (excludes halogenated alkanes) is 8. The third kappa shape index (κ3) is 21.4. The van der Waals surface area contributed by atoms with E-state index in [1.807, 2.05) is 0 Å². The maximum atomic E-state index is 11.7. The molecule has 1 atom stereocenters. The van der Waals surface area contributed by atoms with Crippen LogP contribution in [0, 0.1) is 0 Å². The van der Waals surface area contributed by atoms with E-state index >= 15 is 0 Å². The molecule has 0 aromatic carbocycles. The molecule has 31 heavy (non-hydrogen) atoms. The molecule has 180 valence electrons. The van der Waals surface area contributed by atoms with Crippen LogP contribution in [0.1, 0.15) is 96.8 Å². The zero-order valence-electron chi connectivity index (χ0n) is 19.7. The largest absolute Gasteiger partial charge is 0.464 e. The number of rotatable bonds is 21. The molecule has 0 aliphatic rings. The number of aliphatic hydroxyl groups excluding tert-OH is 1. The summed E-state index contributed by atoms with van der Waals surface area (Å²) >= 11 is 0. The van der Waals surface area contributed by atoms with Crippen molar-refractivity contribution in [1.29, 1.82) is 0 Å². The zero-order chi connectivity index (χ0) is 23.0. The highest BCUT2D eigenvalue weighted by Gasteiger charge is 2.12. The Morgan fingerprint density at radius 3 is 2.26 bits per heavy atom. The van der Waals surface area contributed by atoms with E-state index in [-0.39, 0.29) is 31.6 Å². The summed E-state index contributed by atoms with van der Waals surface area (Å²) in [5.74, 6) is -0.497. The molecule has 0 aromatic heterocycles. The van der Waals surface area contributed by atoms with Crippen LogP contribution >= 0.6 is 0 Å². The topological polar surface area (TPSA) is 102 Å². The molecule has 0 fully saturated rings. The lowest BCUT2D eigenvalue weighted by Crippen LogP contribution is -2.42. The standard InChI is InChI=1S/C25H46N2O4/c1-2-3-4-5-6-7-8-9-10-11-12-13-14-15-16-19-24(29)31-22-20-27-25(30)23(26)18-17-21-28/h6-7,9-10,23,28H,2-5,8,11-22,26H2,1H3,(H,27,30)/b7-6-,10-9-. The van der Waals surface area contributed by atoms with Gasteiger partial charge in [-0.05, 0) is 51.4 Å². The summed E-state index contributed by atoms with van der Waals surface area (Å²) in [6.45, 7) is 2.68. The molecule has 0 heterocycles. The summed E-state index contributed by atoms with van der Waals surface area (Å²) in [6, 6.07) is -0.629. The van der Waals surface area contributed by atoms with Gasteiger partial charge >= 0.3 is 5.97 Å². The maximum Gasteiger partial charge on any atom is 0.305 e. The van der Waals surface area contributed by atoms with E-state index < -0.39 is 6.04 Å². The van der Waals surface area contributed by atoms with Crippen LogP contribution in [0.2, 0.25) is 0 Å². The highest BCUT2D eigenvalue weighted by Crippen LogP contribution is 2.08. The van der Waals surface area contributed by atoms with Gasteiger partial charge in [-0.2, -0.15) is 0 Å². The lowest BCUT2D eigenvalue weighted by Gasteiger charge is -2.11. The van der Waals surface area contributed by atoms with Gasteiger partial charge in [-0.25, -0.2) is 0 Å². The van der Waals surface area contributed by atoms with E-state index in [1.165, 1.54) is 38.5 Å². The first-order chi connectivity index (χ1) is 15.1. The third-order valence-corrected chi connectivity index (χ3v) is 5.01. The van der Waals surface area contributed by atoms with Gasteiger partial charge in [-0.3, -0.25) is 9.59 Å². The van der Waals surface area contributed by atoms with Gasteiger partial charge < -0.3 is 20.9 Å². The number of nitrogens with two attached hydrogens (primary N) is 1. The molecular formula is C25H46N2O4. The van der Waals surface area contributed by atoms with Crippen molar-refractivity contribution in [3.8, 4) is 0 Å². The highest BCUT2D eigenvalue weighted by atomic mass is 16.5. The molecule has 0 radical (unpaired) electrons. The fraction of sp³-hybridized carbons (Fsp3) is 0.760. The van der Waals surface area contributed by atoms with E-state index in [2.05, 4.69) is 36.5 Å². The molecule has 0 aromatic rings. The normalized spacial score (nSPS) is 12.5. The highest BCUT2D eigenvalue weighted by molar-refractivity contribution is 5.81. The number of esters is 1. The molecule has 4 N–H and O–H groups in total. The number of ether oxygens (including phenoxy) is 1. The second-order valence-electron chi connectivity index (χ2n) is 7.96. The van der Waals surface area contributed by atoms with Crippen LogP contribution in [-0.4, -0.2) is 42.8 Å². The number of nitrogens with one attached hydrogen (secondary N) is 1. The molecule has 1 unspecified atom stereocenters. The molecule has 0 rings (SSSR count). The Morgan fingerprint density at radius 2 is 1.58 bits per heavy atom. The summed E-state index contributed by atoms with van der Waals surface area (Å²) in [4.78, 5) is 23.4. The SMILES string of the molecule is CCCCC/C=C\C/C=C\CCCCCCCC(=O)OCCNC(=O)C(N)CCCO. The second-order valence-corrected chi connectivity index (χ2v) is 7.96. The first kappa shape index (κ1) is 29.3. The van der Waals surface area contributed by atoms with Crippen molar-refractivity contribution < 1.29 is 19.4 Å². The Bertz CT molecular complexity index is 492. The molecule has 0 aliphatic carbocycles. The average molecular weight is 439 g/mol. The van der Waals surface area contributed by atoms with E-state index in [1.54, 1.807) is 0 Å². The van der Waals surface area contributed by atoms with Gasteiger partial charge in [-0.1, -0.05) is 63.3 Å². The molecule has 0 aliphatic heterocycles. The maximum absolute atomic E-state index is 11.7. The summed E-state index contributed by atoms with van der Waals surface area (Å²) in [6.07, 6.45) is 23.1. The minimum Gasteiger partial charge on any atom is -0.464 e. The predicted octanol–water partition coefficient (Wildman–Crippen LogP) is 4.56. The Labute approximate surface area is 189 Å². The molecule has 0 bridgehead atoms. The fourth-order valence-corrected chi connectivity index (χ4v) is 3.07. The van der Waals surface area contributed by atoms with Crippen LogP contribution in [0.4, 0.5) is 0 Å². The predicted molar refractivity (Wildman–Crippen MR) is 128 cm³/mol. The molecule has 0 saturated carbocycles. The first-order valence-corrected chi connectivity index (χ1v) is 12.2. The van der Waals surface area contributed by atoms with E-state index in [0.29, 0.717) is 19.3 Å². The van der Waals surface area contributed by atoms with Gasteiger partial charge in [0.2, 0.25) is 5.91 Å².